The molecule has 1 radical (unpaired) electrons. The van der Waals surface area contributed by atoms with Gasteiger partial charge in [0.15, 0.2) is 0 Å². The van der Waals surface area contributed by atoms with Crippen LogP contribution in [-0.4, -0.2) is 9.36 Å². The molecule has 2 heterocycles. The molecule has 0 N–H and O–H groups in total. The quantitative estimate of drug-likeness (QED) is 0.135. The summed E-state index contributed by atoms with van der Waals surface area (Å²) in [6.45, 7) is 6.48. The number of aromatic nitrogens is 2. The summed E-state index contributed by atoms with van der Waals surface area (Å²) in [6, 6.07) is 42.5. The van der Waals surface area contributed by atoms with Gasteiger partial charge in [-0.1, -0.05) is 55.8 Å². The van der Waals surface area contributed by atoms with Gasteiger partial charge >= 0.3 is 0 Å². The second kappa shape index (κ2) is 12.2. The molecule has 0 fully saturated rings. The van der Waals surface area contributed by atoms with Crippen molar-refractivity contribution in [1.82, 2.24) is 9.36 Å². The van der Waals surface area contributed by atoms with Crippen molar-refractivity contribution in [2.45, 2.75) is 26.7 Å². The van der Waals surface area contributed by atoms with Crippen LogP contribution in [-0.2, 0) is 20.1 Å². The molecule has 0 amide bonds. The van der Waals surface area contributed by atoms with E-state index < -0.39 is 0 Å². The van der Waals surface area contributed by atoms with Crippen molar-refractivity contribution in [2.75, 3.05) is 0 Å². The SMILES string of the molecule is Cc1ccnc(-c2[c-]ccc(C(C)C)c2)c1.[Ir].[c-]1ccccc1-c1nsc2cc3cc4ccccc4cc3cc12. The molecule has 0 aliphatic carbocycles. The Labute approximate surface area is 253 Å². The summed E-state index contributed by atoms with van der Waals surface area (Å²) in [7, 11) is 0. The smallest absolute Gasteiger partial charge is 0.0460 e. The number of hydrogen-bond donors (Lipinski definition) is 0. The standard InChI is InChI=1S/C21H12NS.C15H16N.Ir/c1-2-6-14(7-3-1)21-19-12-17-10-15-8-4-5-9-16(15)11-18(17)13-20(19)23-22-21;1-11(2)13-5-4-6-14(10-13)15-9-12(3)7-8-16-15;/h1-6,8-13H;4-5,7-11H,1-3H3;/q2*-1;. The molecule has 40 heavy (non-hydrogen) atoms. The van der Waals surface area contributed by atoms with Crippen LogP contribution in [0, 0.1) is 19.1 Å². The van der Waals surface area contributed by atoms with Crippen LogP contribution in [0.4, 0.5) is 0 Å². The fourth-order valence-electron chi connectivity index (χ4n) is 4.79. The minimum absolute atomic E-state index is 0. The molecule has 2 nitrogen and oxygen atoms in total. The fourth-order valence-corrected chi connectivity index (χ4v) is 5.61. The summed E-state index contributed by atoms with van der Waals surface area (Å²) >= 11 is 1.56. The molecule has 0 atom stereocenters. The van der Waals surface area contributed by atoms with Crippen molar-refractivity contribution in [1.29, 1.82) is 0 Å². The first-order chi connectivity index (χ1) is 19.0. The first kappa shape index (κ1) is 27.9. The zero-order valence-electron chi connectivity index (χ0n) is 22.6. The molecule has 0 aliphatic rings. The molecular weight excluding hydrogens is 685 g/mol. The van der Waals surface area contributed by atoms with Gasteiger partial charge in [0.1, 0.15) is 0 Å². The normalized spacial score (nSPS) is 10.9. The Balaban J connectivity index is 0.000000168. The Hall–Kier alpha value is -3.69. The average molecular weight is 713 g/mol. The maximum atomic E-state index is 4.67. The molecule has 4 heteroatoms. The van der Waals surface area contributed by atoms with Crippen molar-refractivity contribution in [3.05, 3.63) is 133 Å². The Kier molecular flexibility index (Phi) is 8.51. The third-order valence-corrected chi connectivity index (χ3v) is 7.75. The van der Waals surface area contributed by atoms with E-state index >= 15 is 0 Å². The van der Waals surface area contributed by atoms with E-state index in [0.29, 0.717) is 5.92 Å². The van der Waals surface area contributed by atoms with E-state index in [1.54, 1.807) is 11.5 Å². The summed E-state index contributed by atoms with van der Waals surface area (Å²) in [6.07, 6.45) is 1.85. The molecule has 0 saturated heterocycles. The molecule has 0 bridgehead atoms. The Morgan fingerprint density at radius 1 is 0.700 bits per heavy atom. The van der Waals surface area contributed by atoms with Gasteiger partial charge < -0.3 is 4.98 Å². The summed E-state index contributed by atoms with van der Waals surface area (Å²) in [5.74, 6) is 0.540. The number of benzene rings is 5. The van der Waals surface area contributed by atoms with E-state index in [0.717, 1.165) is 22.5 Å². The van der Waals surface area contributed by atoms with E-state index in [9.17, 15) is 0 Å². The van der Waals surface area contributed by atoms with E-state index in [1.807, 2.05) is 36.5 Å². The van der Waals surface area contributed by atoms with E-state index in [2.05, 4.69) is 115 Å². The van der Waals surface area contributed by atoms with Gasteiger partial charge in [0.25, 0.3) is 0 Å². The van der Waals surface area contributed by atoms with Crippen LogP contribution in [0.2, 0.25) is 0 Å². The molecule has 5 aromatic carbocycles. The number of hydrogen-bond acceptors (Lipinski definition) is 3. The van der Waals surface area contributed by atoms with Crippen LogP contribution in [0.25, 0.3) is 54.1 Å². The van der Waals surface area contributed by atoms with Gasteiger partial charge in [0.2, 0.25) is 0 Å². The number of rotatable bonds is 3. The fraction of sp³-hybridized carbons (Fsp3) is 0.111. The van der Waals surface area contributed by atoms with E-state index in [1.165, 1.54) is 42.8 Å². The largest absolute Gasteiger partial charge is 0.305 e. The summed E-state index contributed by atoms with van der Waals surface area (Å²) in [5.41, 5.74) is 6.72. The maximum Gasteiger partial charge on any atom is 0.0460 e. The molecule has 7 rings (SSSR count). The minimum atomic E-state index is 0. The van der Waals surface area contributed by atoms with E-state index in [4.69, 9.17) is 0 Å². The molecule has 7 aromatic rings. The monoisotopic (exact) mass is 713 g/mol. The number of nitrogens with zero attached hydrogens (tertiary/aromatic N) is 2. The van der Waals surface area contributed by atoms with Gasteiger partial charge in [0, 0.05) is 36.7 Å². The molecule has 0 saturated carbocycles. The first-order valence-corrected chi connectivity index (χ1v) is 14.0. The van der Waals surface area contributed by atoms with E-state index in [-0.39, 0.29) is 20.1 Å². The van der Waals surface area contributed by atoms with Crippen molar-refractivity contribution in [3.8, 4) is 22.5 Å². The molecule has 0 spiro atoms. The third-order valence-electron chi connectivity index (χ3n) is 6.94. The topological polar surface area (TPSA) is 25.8 Å². The van der Waals surface area contributed by atoms with Crippen molar-refractivity contribution in [3.63, 3.8) is 0 Å². The molecule has 2 aromatic heterocycles. The van der Waals surface area contributed by atoms with Crippen molar-refractivity contribution < 1.29 is 20.1 Å². The average Bonchev–Trinajstić information content (AvgIpc) is 3.38. The van der Waals surface area contributed by atoms with Gasteiger partial charge in [-0.05, 0) is 81.3 Å². The van der Waals surface area contributed by atoms with Crippen molar-refractivity contribution in [2.24, 2.45) is 0 Å². The van der Waals surface area contributed by atoms with Crippen LogP contribution in [0.5, 0.6) is 0 Å². The Morgan fingerprint density at radius 2 is 1.43 bits per heavy atom. The number of pyridine rings is 1. The second-order valence-electron chi connectivity index (χ2n) is 10.1. The predicted molar refractivity (Wildman–Crippen MR) is 166 cm³/mol. The number of fused-ring (bicyclic) bond motifs is 3. The van der Waals surface area contributed by atoms with Gasteiger partial charge in [-0.15, -0.1) is 71.3 Å². The molecular formula is C36H28IrN2S-2. The summed E-state index contributed by atoms with van der Waals surface area (Å²) in [5, 5.41) is 6.29. The zero-order chi connectivity index (χ0) is 26.8. The van der Waals surface area contributed by atoms with Crippen LogP contribution >= 0.6 is 11.5 Å². The van der Waals surface area contributed by atoms with Gasteiger partial charge in [-0.25, -0.2) is 4.37 Å². The molecule has 0 unspecified atom stereocenters. The first-order valence-electron chi connectivity index (χ1n) is 13.2. The molecule has 199 valence electrons. The summed E-state index contributed by atoms with van der Waals surface area (Å²) in [4.78, 5) is 4.38. The minimum Gasteiger partial charge on any atom is -0.305 e. The van der Waals surface area contributed by atoms with Gasteiger partial charge in [0.05, 0.1) is 0 Å². The Bertz CT molecular complexity index is 1910. The predicted octanol–water partition coefficient (Wildman–Crippen LogP) is 10.0. The van der Waals surface area contributed by atoms with Crippen LogP contribution in [0.1, 0.15) is 30.9 Å². The summed E-state index contributed by atoms with van der Waals surface area (Å²) < 4.78 is 5.89. The number of aryl methyl sites for hydroxylation is 1. The van der Waals surface area contributed by atoms with Crippen LogP contribution in [0.3, 0.4) is 0 Å². The zero-order valence-corrected chi connectivity index (χ0v) is 25.8. The maximum absolute atomic E-state index is 4.67. The van der Waals surface area contributed by atoms with Crippen LogP contribution < -0.4 is 0 Å². The second-order valence-corrected chi connectivity index (χ2v) is 10.9. The third kappa shape index (κ3) is 5.90. The van der Waals surface area contributed by atoms with Gasteiger partial charge in [-0.2, -0.15) is 0 Å². The van der Waals surface area contributed by atoms with Crippen molar-refractivity contribution >= 4 is 43.2 Å². The molecule has 0 aliphatic heterocycles. The van der Waals surface area contributed by atoms with Crippen LogP contribution in [0.15, 0.2) is 109 Å². The Morgan fingerprint density at radius 3 is 2.12 bits per heavy atom. The van der Waals surface area contributed by atoms with Gasteiger partial charge in [-0.3, -0.25) is 0 Å².